The topological polar surface area (TPSA) is 136 Å². The molecular formula is C16H29F2NO8S2. The predicted octanol–water partition coefficient (Wildman–Crippen LogP) is 2.19. The summed E-state index contributed by atoms with van der Waals surface area (Å²) in [5, 5.41) is 2.37. The number of rotatable bonds is 8. The Morgan fingerprint density at radius 3 is 2.14 bits per heavy atom. The Balaban J connectivity index is 3.13. The van der Waals surface area contributed by atoms with E-state index in [0.29, 0.717) is 0 Å². The molecule has 1 rings (SSSR count). The van der Waals surface area contributed by atoms with Gasteiger partial charge in [0.1, 0.15) is 5.60 Å². The number of ether oxygens (including phenoxy) is 1. The van der Waals surface area contributed by atoms with E-state index < -0.39 is 80.9 Å². The van der Waals surface area contributed by atoms with E-state index >= 15 is 0 Å². The van der Waals surface area contributed by atoms with E-state index in [2.05, 4.69) is 5.32 Å². The van der Waals surface area contributed by atoms with E-state index in [1.807, 2.05) is 0 Å². The summed E-state index contributed by atoms with van der Waals surface area (Å²) in [6.07, 6.45) is -1.26. The van der Waals surface area contributed by atoms with Crippen molar-refractivity contribution < 1.29 is 43.9 Å². The molecule has 0 aliphatic heterocycles. The Kier molecular flexibility index (Phi) is 8.42. The second-order valence-corrected chi connectivity index (χ2v) is 11.5. The lowest BCUT2D eigenvalue weighted by atomic mass is 9.76. The highest BCUT2D eigenvalue weighted by Gasteiger charge is 2.42. The molecule has 1 fully saturated rings. The van der Waals surface area contributed by atoms with Gasteiger partial charge in [-0.2, -0.15) is 16.8 Å². The highest BCUT2D eigenvalue weighted by atomic mass is 32.2. The molecule has 0 aromatic carbocycles. The van der Waals surface area contributed by atoms with Gasteiger partial charge < -0.3 is 10.1 Å². The van der Waals surface area contributed by atoms with Gasteiger partial charge >= 0.3 is 6.09 Å². The van der Waals surface area contributed by atoms with Gasteiger partial charge in [0.2, 0.25) is 5.92 Å². The Morgan fingerprint density at radius 2 is 1.72 bits per heavy atom. The second-order valence-electron chi connectivity index (χ2n) is 8.35. The number of nitrogens with one attached hydrogen (secondary N) is 1. The molecule has 0 heterocycles. The van der Waals surface area contributed by atoms with Crippen LogP contribution < -0.4 is 5.32 Å². The molecule has 2 N–H and O–H groups in total. The minimum absolute atomic E-state index is 0.0570. The molecule has 0 aromatic heterocycles. The van der Waals surface area contributed by atoms with Gasteiger partial charge in [-0.3, -0.25) is 8.74 Å². The summed E-state index contributed by atoms with van der Waals surface area (Å²) in [6.45, 7) is 4.14. The third-order valence-corrected chi connectivity index (χ3v) is 5.82. The fraction of sp³-hybridized carbons (Fsp3) is 0.938. The predicted molar refractivity (Wildman–Crippen MR) is 101 cm³/mol. The zero-order valence-electron chi connectivity index (χ0n) is 16.9. The van der Waals surface area contributed by atoms with E-state index in [0.717, 1.165) is 6.26 Å². The first-order valence-corrected chi connectivity index (χ1v) is 12.5. The van der Waals surface area contributed by atoms with Crippen LogP contribution in [0, 0.1) is 11.8 Å². The first-order valence-electron chi connectivity index (χ1n) is 9.04. The smallest absolute Gasteiger partial charge is 0.407 e. The number of carbonyl (C=O) groups excluding carboxylic acids is 1. The Labute approximate surface area is 170 Å². The number of halogens is 2. The Hall–Kier alpha value is -1.05. The van der Waals surface area contributed by atoms with Crippen molar-refractivity contribution >= 4 is 26.3 Å². The summed E-state index contributed by atoms with van der Waals surface area (Å²) in [4.78, 5) is 12.2. The normalized spacial score (nSPS) is 20.7. The molecule has 0 bridgehead atoms. The van der Waals surface area contributed by atoms with Crippen LogP contribution in [0.5, 0.6) is 0 Å². The SMILES string of the molecule is CC(C)(C)OC(=O)NC(COS(C)(=O)=O)C(CS(=O)(=O)O)C1CCC(F)(F)CC1. The van der Waals surface area contributed by atoms with Crippen molar-refractivity contribution in [3.05, 3.63) is 0 Å². The molecule has 1 aliphatic rings. The standard InChI is InChI=1S/C16H29F2NO8S2/c1-15(2,3)27-14(20)19-13(9-26-28(4,21)22)12(10-29(23,24)25)11-5-7-16(17,18)8-6-11/h11-13H,5-10H2,1-4H3,(H,19,20)(H,23,24,25). The minimum atomic E-state index is -4.56. The number of hydrogen-bond acceptors (Lipinski definition) is 7. The third kappa shape index (κ3) is 11.1. The maximum absolute atomic E-state index is 13.5. The van der Waals surface area contributed by atoms with Gasteiger partial charge in [-0.15, -0.1) is 0 Å². The number of carbonyl (C=O) groups is 1. The average molecular weight is 466 g/mol. The summed E-state index contributed by atoms with van der Waals surface area (Å²) in [5.74, 6) is -5.40. The molecule has 0 spiro atoms. The number of alkyl carbamates (subject to hydrolysis) is 1. The van der Waals surface area contributed by atoms with Gasteiger partial charge in [-0.1, -0.05) is 0 Å². The van der Waals surface area contributed by atoms with E-state index in [9.17, 15) is 35.0 Å². The summed E-state index contributed by atoms with van der Waals surface area (Å²) in [5.41, 5.74) is -0.891. The zero-order valence-corrected chi connectivity index (χ0v) is 18.5. The van der Waals surface area contributed by atoms with Crippen LogP contribution in [0.25, 0.3) is 0 Å². The summed E-state index contributed by atoms with van der Waals surface area (Å²) >= 11 is 0. The molecule has 172 valence electrons. The first-order chi connectivity index (χ1) is 12.9. The molecule has 0 radical (unpaired) electrons. The summed E-state index contributed by atoms with van der Waals surface area (Å²) in [6, 6.07) is -1.21. The fourth-order valence-corrected chi connectivity index (χ4v) is 4.63. The van der Waals surface area contributed by atoms with Gasteiger partial charge in [0.15, 0.2) is 0 Å². The largest absolute Gasteiger partial charge is 0.444 e. The molecule has 1 saturated carbocycles. The van der Waals surface area contributed by atoms with E-state index in [4.69, 9.17) is 8.92 Å². The summed E-state index contributed by atoms with van der Waals surface area (Å²) in [7, 11) is -8.50. The van der Waals surface area contributed by atoms with E-state index in [1.54, 1.807) is 20.8 Å². The molecule has 0 aromatic rings. The fourth-order valence-electron chi connectivity index (χ4n) is 3.24. The van der Waals surface area contributed by atoms with Crippen molar-refractivity contribution in [2.24, 2.45) is 11.8 Å². The lowest BCUT2D eigenvalue weighted by Crippen LogP contribution is -2.50. The van der Waals surface area contributed by atoms with Crippen molar-refractivity contribution in [1.29, 1.82) is 0 Å². The van der Waals surface area contributed by atoms with E-state index in [-0.39, 0.29) is 12.8 Å². The van der Waals surface area contributed by atoms with Crippen LogP contribution in [0.1, 0.15) is 46.5 Å². The van der Waals surface area contributed by atoms with Crippen molar-refractivity contribution in [2.45, 2.75) is 64.0 Å². The molecule has 13 heteroatoms. The second kappa shape index (κ2) is 9.40. The van der Waals surface area contributed by atoms with Gasteiger partial charge in [-0.25, -0.2) is 13.6 Å². The molecule has 1 amide bonds. The molecule has 0 saturated heterocycles. The maximum atomic E-state index is 13.5. The highest BCUT2D eigenvalue weighted by molar-refractivity contribution is 7.86. The molecule has 2 unspecified atom stereocenters. The van der Waals surface area contributed by atoms with Gasteiger partial charge in [0.05, 0.1) is 24.7 Å². The van der Waals surface area contributed by atoms with Gasteiger partial charge in [0, 0.05) is 18.8 Å². The van der Waals surface area contributed by atoms with Crippen LogP contribution in [-0.2, 0) is 29.2 Å². The van der Waals surface area contributed by atoms with Gasteiger partial charge in [0.25, 0.3) is 20.2 Å². The number of amides is 1. The minimum Gasteiger partial charge on any atom is -0.444 e. The summed E-state index contributed by atoms with van der Waals surface area (Å²) < 4.78 is 92.1. The molecule has 2 atom stereocenters. The van der Waals surface area contributed by atoms with Crippen molar-refractivity contribution in [3.8, 4) is 0 Å². The van der Waals surface area contributed by atoms with Crippen LogP contribution >= 0.6 is 0 Å². The zero-order chi connectivity index (χ0) is 22.7. The molecule has 29 heavy (non-hydrogen) atoms. The van der Waals surface area contributed by atoms with Crippen LogP contribution in [0.15, 0.2) is 0 Å². The monoisotopic (exact) mass is 465 g/mol. The number of alkyl halides is 2. The van der Waals surface area contributed by atoms with Crippen LogP contribution in [-0.4, -0.2) is 63.7 Å². The van der Waals surface area contributed by atoms with Crippen LogP contribution in [0.3, 0.4) is 0 Å². The molecule has 1 aliphatic carbocycles. The van der Waals surface area contributed by atoms with Crippen LogP contribution in [0.2, 0.25) is 0 Å². The maximum Gasteiger partial charge on any atom is 0.407 e. The van der Waals surface area contributed by atoms with E-state index in [1.165, 1.54) is 0 Å². The van der Waals surface area contributed by atoms with Gasteiger partial charge in [-0.05, 0) is 39.5 Å². The van der Waals surface area contributed by atoms with Crippen LogP contribution in [0.4, 0.5) is 13.6 Å². The van der Waals surface area contributed by atoms with Crippen molar-refractivity contribution in [1.82, 2.24) is 5.32 Å². The average Bonchev–Trinajstić information content (AvgIpc) is 2.46. The highest BCUT2D eigenvalue weighted by Crippen LogP contribution is 2.40. The van der Waals surface area contributed by atoms with Crippen molar-refractivity contribution in [3.63, 3.8) is 0 Å². The molecule has 9 nitrogen and oxygen atoms in total. The molecular weight excluding hydrogens is 436 g/mol. The number of hydrogen-bond donors (Lipinski definition) is 2. The Morgan fingerprint density at radius 1 is 1.21 bits per heavy atom. The third-order valence-electron chi connectivity index (χ3n) is 4.45. The van der Waals surface area contributed by atoms with Crippen molar-refractivity contribution in [2.75, 3.05) is 18.6 Å². The Bertz CT molecular complexity index is 767. The first kappa shape index (κ1) is 26.0. The lowest BCUT2D eigenvalue weighted by molar-refractivity contribution is -0.0540. The lowest BCUT2D eigenvalue weighted by Gasteiger charge is -2.37. The quantitative estimate of drug-likeness (QED) is 0.411.